The molecule has 41 heavy (non-hydrogen) atoms. The van der Waals surface area contributed by atoms with Crippen LogP contribution in [-0.4, -0.2) is 64.3 Å². The number of nitrogens with one attached hydrogen (secondary N) is 1. The van der Waals surface area contributed by atoms with Crippen LogP contribution in [0.15, 0.2) is 35.2 Å². The summed E-state index contributed by atoms with van der Waals surface area (Å²) in [5, 5.41) is 8.06. The van der Waals surface area contributed by atoms with Gasteiger partial charge in [-0.25, -0.2) is 15.0 Å². The molecule has 1 saturated heterocycles. The first-order chi connectivity index (χ1) is 19.4. The summed E-state index contributed by atoms with van der Waals surface area (Å²) in [6.07, 6.45) is 4.79. The van der Waals surface area contributed by atoms with Crippen LogP contribution in [0.5, 0.6) is 0 Å². The molecule has 210 valence electrons. The Kier molecular flexibility index (Phi) is 6.48. The van der Waals surface area contributed by atoms with Gasteiger partial charge < -0.3 is 10.2 Å². The molecule has 2 aliphatic rings. The van der Waals surface area contributed by atoms with Crippen molar-refractivity contribution in [2.24, 2.45) is 5.41 Å². The zero-order valence-corrected chi connectivity index (χ0v) is 25.0. The Hall–Kier alpha value is -4.06. The van der Waals surface area contributed by atoms with Crippen LogP contribution in [0.1, 0.15) is 54.3 Å². The van der Waals surface area contributed by atoms with Gasteiger partial charge in [0.1, 0.15) is 34.5 Å². The summed E-state index contributed by atoms with van der Waals surface area (Å²) >= 11 is 3.37. The van der Waals surface area contributed by atoms with Crippen LogP contribution in [0.25, 0.3) is 22.2 Å². The SMILES string of the molecule is CC(=O)c1nn(CC(=O)N2[C@H](C(=O)Nc3cc(C)cc(Br)n3)C[C@]3(C)C[C@@H]23)c2c(C)nc(-c3cnc(C)nc3)cc12. The highest BCUT2D eigenvalue weighted by atomic mass is 79.9. The number of ketones is 1. The second kappa shape index (κ2) is 9.79. The van der Waals surface area contributed by atoms with E-state index in [1.165, 1.54) is 6.92 Å². The van der Waals surface area contributed by atoms with Gasteiger partial charge in [-0.2, -0.15) is 5.10 Å². The van der Waals surface area contributed by atoms with E-state index in [1.807, 2.05) is 19.9 Å². The normalized spacial score (nSPS) is 21.2. The van der Waals surface area contributed by atoms with Gasteiger partial charge in [-0.15, -0.1) is 0 Å². The van der Waals surface area contributed by atoms with Crippen molar-refractivity contribution in [2.75, 3.05) is 5.32 Å². The van der Waals surface area contributed by atoms with Crippen LogP contribution in [0, 0.1) is 26.2 Å². The fourth-order valence-corrected chi connectivity index (χ4v) is 6.46. The molecule has 1 N–H and O–H groups in total. The van der Waals surface area contributed by atoms with Crippen molar-refractivity contribution in [3.8, 4) is 11.3 Å². The van der Waals surface area contributed by atoms with Crippen molar-refractivity contribution in [3.05, 3.63) is 58.0 Å². The van der Waals surface area contributed by atoms with Gasteiger partial charge in [0.25, 0.3) is 0 Å². The lowest BCUT2D eigenvalue weighted by Crippen LogP contribution is -2.46. The number of likely N-dealkylation sites (tertiary alicyclic amines) is 1. The van der Waals surface area contributed by atoms with Gasteiger partial charge >= 0.3 is 0 Å². The number of hydrogen-bond acceptors (Lipinski definition) is 8. The van der Waals surface area contributed by atoms with Gasteiger partial charge in [0, 0.05) is 36.3 Å². The number of amides is 2. The van der Waals surface area contributed by atoms with Crippen LogP contribution < -0.4 is 5.32 Å². The number of rotatable bonds is 6. The molecule has 2 fully saturated rings. The molecule has 6 rings (SSSR count). The molecule has 0 radical (unpaired) electrons. The number of Topliss-reactive ketones (excluding diaryl/α,β-unsaturated/α-hetero) is 1. The van der Waals surface area contributed by atoms with Gasteiger partial charge in [-0.1, -0.05) is 6.92 Å². The first-order valence-corrected chi connectivity index (χ1v) is 14.2. The largest absolute Gasteiger partial charge is 0.325 e. The monoisotopic (exact) mass is 616 g/mol. The minimum absolute atomic E-state index is 0.0237. The summed E-state index contributed by atoms with van der Waals surface area (Å²) in [5.41, 5.74) is 3.66. The molecule has 2 amide bonds. The molecule has 4 aromatic heterocycles. The summed E-state index contributed by atoms with van der Waals surface area (Å²) in [6.45, 7) is 8.98. The maximum atomic E-state index is 13.9. The Morgan fingerprint density at radius 3 is 2.49 bits per heavy atom. The molecule has 11 nitrogen and oxygen atoms in total. The van der Waals surface area contributed by atoms with Gasteiger partial charge in [-0.05, 0) is 78.7 Å². The summed E-state index contributed by atoms with van der Waals surface area (Å²) in [6, 6.07) is 4.78. The van der Waals surface area contributed by atoms with Crippen molar-refractivity contribution in [3.63, 3.8) is 0 Å². The second-order valence-electron chi connectivity index (χ2n) is 11.3. The van der Waals surface area contributed by atoms with E-state index >= 15 is 0 Å². The minimum atomic E-state index is -0.631. The average molecular weight is 618 g/mol. The topological polar surface area (TPSA) is 136 Å². The molecule has 1 saturated carbocycles. The van der Waals surface area contributed by atoms with Gasteiger partial charge in [0.05, 0.1) is 16.9 Å². The summed E-state index contributed by atoms with van der Waals surface area (Å²) in [7, 11) is 0. The van der Waals surface area contributed by atoms with E-state index in [0.29, 0.717) is 50.5 Å². The first-order valence-electron chi connectivity index (χ1n) is 13.4. The molecule has 12 heteroatoms. The summed E-state index contributed by atoms with van der Waals surface area (Å²) < 4.78 is 2.16. The van der Waals surface area contributed by atoms with E-state index in [1.54, 1.807) is 41.0 Å². The number of aryl methyl sites for hydroxylation is 3. The highest BCUT2D eigenvalue weighted by Crippen LogP contribution is 2.59. The van der Waals surface area contributed by atoms with Crippen molar-refractivity contribution >= 4 is 50.2 Å². The number of fused-ring (bicyclic) bond motifs is 2. The van der Waals surface area contributed by atoms with Crippen molar-refractivity contribution < 1.29 is 14.4 Å². The van der Waals surface area contributed by atoms with Gasteiger partial charge in [-0.3, -0.25) is 24.0 Å². The van der Waals surface area contributed by atoms with Crippen LogP contribution >= 0.6 is 15.9 Å². The predicted molar refractivity (Wildman–Crippen MR) is 155 cm³/mol. The lowest BCUT2D eigenvalue weighted by molar-refractivity contribution is -0.138. The number of pyridine rings is 2. The average Bonchev–Trinajstić information content (AvgIpc) is 3.25. The Labute approximate surface area is 244 Å². The molecule has 0 spiro atoms. The molecule has 3 atom stereocenters. The van der Waals surface area contributed by atoms with E-state index in [2.05, 4.69) is 48.2 Å². The Morgan fingerprint density at radius 2 is 1.80 bits per heavy atom. The summed E-state index contributed by atoms with van der Waals surface area (Å²) in [4.78, 5) is 59.2. The number of carbonyl (C=O) groups is 3. The molecule has 0 aromatic carbocycles. The van der Waals surface area contributed by atoms with E-state index in [4.69, 9.17) is 4.98 Å². The number of anilines is 1. The number of carbonyl (C=O) groups excluding carboxylic acids is 3. The zero-order valence-electron chi connectivity index (χ0n) is 23.4. The standard InChI is InChI=1S/C29H29BrN8O3/c1-14-6-23(30)34-24(7-14)35-28(41)21-9-29(5)10-22(29)38(21)25(40)13-37-27-15(2)33-20(18-11-31-17(4)32-12-18)8-19(27)26(36-37)16(3)39/h6-8,11-12,21-22H,9-10,13H2,1-5H3,(H,34,35,41)/t21-,22+,29+/m0/s1. The molecule has 1 aliphatic heterocycles. The molecular formula is C29H29BrN8O3. The van der Waals surface area contributed by atoms with Crippen molar-refractivity contribution in [2.45, 2.75) is 66.1 Å². The highest BCUT2D eigenvalue weighted by molar-refractivity contribution is 9.10. The van der Waals surface area contributed by atoms with E-state index in [0.717, 1.165) is 12.0 Å². The lowest BCUT2D eigenvalue weighted by Gasteiger charge is -2.27. The van der Waals surface area contributed by atoms with Gasteiger partial charge in [0.2, 0.25) is 11.8 Å². The highest BCUT2D eigenvalue weighted by Gasteiger charge is 2.64. The summed E-state index contributed by atoms with van der Waals surface area (Å²) in [5.74, 6) is 0.355. The fraction of sp³-hybridized carbons (Fsp3) is 0.379. The van der Waals surface area contributed by atoms with E-state index < -0.39 is 6.04 Å². The lowest BCUT2D eigenvalue weighted by atomic mass is 10.0. The Balaban J connectivity index is 1.31. The molecule has 4 aromatic rings. The van der Waals surface area contributed by atoms with E-state index in [-0.39, 0.29) is 41.3 Å². The molecule has 0 bridgehead atoms. The van der Waals surface area contributed by atoms with Gasteiger partial charge in [0.15, 0.2) is 5.78 Å². The number of aromatic nitrogens is 6. The van der Waals surface area contributed by atoms with E-state index in [9.17, 15) is 14.4 Å². The smallest absolute Gasteiger partial charge is 0.248 e. The molecular weight excluding hydrogens is 588 g/mol. The maximum Gasteiger partial charge on any atom is 0.248 e. The maximum absolute atomic E-state index is 13.9. The Morgan fingerprint density at radius 1 is 1.07 bits per heavy atom. The van der Waals surface area contributed by atoms with Crippen LogP contribution in [0.3, 0.4) is 0 Å². The third-order valence-electron chi connectivity index (χ3n) is 8.01. The molecule has 1 aliphatic carbocycles. The quantitative estimate of drug-likeness (QED) is 0.251. The molecule has 5 heterocycles. The minimum Gasteiger partial charge on any atom is -0.325 e. The number of hydrogen-bond donors (Lipinski definition) is 1. The number of nitrogens with zero attached hydrogens (tertiary/aromatic N) is 7. The molecule has 0 unspecified atom stereocenters. The predicted octanol–water partition coefficient (Wildman–Crippen LogP) is 4.19. The zero-order chi connectivity index (χ0) is 29.2. The third-order valence-corrected chi connectivity index (χ3v) is 8.42. The number of piperidine rings is 1. The van der Waals surface area contributed by atoms with Crippen LogP contribution in [-0.2, 0) is 16.1 Å². The van der Waals surface area contributed by atoms with Crippen molar-refractivity contribution in [1.82, 2.24) is 34.6 Å². The second-order valence-corrected chi connectivity index (χ2v) is 12.1. The number of halogens is 1. The first kappa shape index (κ1) is 27.1. The van der Waals surface area contributed by atoms with Crippen LogP contribution in [0.2, 0.25) is 0 Å². The third kappa shape index (κ3) is 4.90. The fourth-order valence-electron chi connectivity index (χ4n) is 5.91. The van der Waals surface area contributed by atoms with Crippen molar-refractivity contribution in [1.29, 1.82) is 0 Å². The Bertz CT molecular complexity index is 1730. The van der Waals surface area contributed by atoms with Crippen LogP contribution in [0.4, 0.5) is 5.82 Å².